The van der Waals surface area contributed by atoms with E-state index in [1.807, 2.05) is 13.8 Å². The van der Waals surface area contributed by atoms with E-state index in [0.29, 0.717) is 23.5 Å². The highest BCUT2D eigenvalue weighted by atomic mass is 35.5. The van der Waals surface area contributed by atoms with Gasteiger partial charge in [-0.25, -0.2) is 4.79 Å². The number of nitrogens with zero attached hydrogens (tertiary/aromatic N) is 2. The van der Waals surface area contributed by atoms with Crippen LogP contribution in [-0.2, 0) is 4.74 Å². The fourth-order valence-electron chi connectivity index (χ4n) is 2.95. The standard InChI is InChI=1S/C21H24ClN3O6S/c1-6-24(7-2)20(27)17-12(5)16(21(28)31-11(3)4)19(32-17)23-18(26)13-8-9-14(22)15(10-13)25(29)30/h8-11H,6-7H2,1-5H3,(H,23,26). The molecule has 0 unspecified atom stereocenters. The van der Waals surface area contributed by atoms with Gasteiger partial charge in [0, 0.05) is 24.7 Å². The number of esters is 1. The zero-order valence-electron chi connectivity index (χ0n) is 18.4. The molecule has 1 aromatic heterocycles. The van der Waals surface area contributed by atoms with Crippen LogP contribution in [0.15, 0.2) is 18.2 Å². The van der Waals surface area contributed by atoms with Gasteiger partial charge in [0.15, 0.2) is 0 Å². The number of benzene rings is 1. The summed E-state index contributed by atoms with van der Waals surface area (Å²) in [4.78, 5) is 50.8. The Balaban J connectivity index is 2.51. The van der Waals surface area contributed by atoms with Crippen molar-refractivity contribution in [3.05, 3.63) is 54.9 Å². The molecule has 0 saturated heterocycles. The molecule has 1 aromatic carbocycles. The number of carbonyl (C=O) groups is 3. The largest absolute Gasteiger partial charge is 0.459 e. The van der Waals surface area contributed by atoms with Crippen LogP contribution in [0.25, 0.3) is 0 Å². The molecule has 2 amide bonds. The zero-order valence-corrected chi connectivity index (χ0v) is 19.9. The Hall–Kier alpha value is -2.98. The Kier molecular flexibility index (Phi) is 8.34. The molecule has 2 aromatic rings. The van der Waals surface area contributed by atoms with Gasteiger partial charge >= 0.3 is 5.97 Å². The molecule has 0 radical (unpaired) electrons. The maximum atomic E-state index is 12.9. The highest BCUT2D eigenvalue weighted by Gasteiger charge is 2.29. The highest BCUT2D eigenvalue weighted by Crippen LogP contribution is 2.35. The number of hydrogen-bond donors (Lipinski definition) is 1. The third-order valence-corrected chi connectivity index (χ3v) is 6.09. The Bertz CT molecular complexity index is 1060. The molecule has 0 saturated carbocycles. The first-order valence-corrected chi connectivity index (χ1v) is 11.1. The first-order chi connectivity index (χ1) is 15.0. The summed E-state index contributed by atoms with van der Waals surface area (Å²) in [6.07, 6.45) is -0.411. The van der Waals surface area contributed by atoms with Crippen molar-refractivity contribution in [3.63, 3.8) is 0 Å². The van der Waals surface area contributed by atoms with Gasteiger partial charge in [-0.1, -0.05) is 11.6 Å². The average Bonchev–Trinajstić information content (AvgIpc) is 3.04. The first-order valence-electron chi connectivity index (χ1n) is 9.90. The summed E-state index contributed by atoms with van der Waals surface area (Å²) in [5.74, 6) is -1.63. The third kappa shape index (κ3) is 5.43. The molecule has 0 aliphatic rings. The van der Waals surface area contributed by atoms with Crippen molar-refractivity contribution in [2.24, 2.45) is 0 Å². The number of nitro groups is 1. The second-order valence-electron chi connectivity index (χ2n) is 7.07. The maximum Gasteiger partial charge on any atom is 0.341 e. The molecule has 0 spiro atoms. The van der Waals surface area contributed by atoms with E-state index in [-0.39, 0.29) is 27.1 Å². The van der Waals surface area contributed by atoms with Crippen molar-refractivity contribution in [3.8, 4) is 0 Å². The molecular formula is C21H24ClN3O6S. The lowest BCUT2D eigenvalue weighted by atomic mass is 10.1. The molecule has 1 heterocycles. The van der Waals surface area contributed by atoms with Crippen LogP contribution in [0.2, 0.25) is 5.02 Å². The number of ether oxygens (including phenoxy) is 1. The summed E-state index contributed by atoms with van der Waals surface area (Å²) in [7, 11) is 0. The number of nitro benzene ring substituents is 1. The van der Waals surface area contributed by atoms with Gasteiger partial charge in [0.25, 0.3) is 17.5 Å². The summed E-state index contributed by atoms with van der Waals surface area (Å²) in [6.45, 7) is 9.64. The topological polar surface area (TPSA) is 119 Å². The minimum atomic E-state index is -0.694. The van der Waals surface area contributed by atoms with Gasteiger partial charge in [-0.05, 0) is 52.3 Å². The van der Waals surface area contributed by atoms with E-state index >= 15 is 0 Å². The third-order valence-electron chi connectivity index (χ3n) is 4.57. The molecule has 1 N–H and O–H groups in total. The number of halogens is 1. The molecule has 9 nitrogen and oxygen atoms in total. The lowest BCUT2D eigenvalue weighted by molar-refractivity contribution is -0.384. The van der Waals surface area contributed by atoms with Gasteiger partial charge in [-0.15, -0.1) is 11.3 Å². The number of rotatable bonds is 8. The van der Waals surface area contributed by atoms with Gasteiger partial charge in [0.2, 0.25) is 0 Å². The van der Waals surface area contributed by atoms with E-state index in [0.717, 1.165) is 17.4 Å². The molecule has 0 aliphatic heterocycles. The molecular weight excluding hydrogens is 458 g/mol. The summed E-state index contributed by atoms with van der Waals surface area (Å²) in [6, 6.07) is 3.63. The van der Waals surface area contributed by atoms with E-state index in [2.05, 4.69) is 5.32 Å². The molecule has 0 fully saturated rings. The fourth-order valence-corrected chi connectivity index (χ4v) is 4.29. The SMILES string of the molecule is CCN(CC)C(=O)c1sc(NC(=O)c2ccc(Cl)c([N+](=O)[O-])c2)c(C(=O)OC(C)C)c1C. The lowest BCUT2D eigenvalue weighted by Gasteiger charge is -2.18. The molecule has 0 aliphatic carbocycles. The van der Waals surface area contributed by atoms with E-state index in [9.17, 15) is 24.5 Å². The van der Waals surface area contributed by atoms with E-state index in [4.69, 9.17) is 16.3 Å². The van der Waals surface area contributed by atoms with Crippen LogP contribution in [0, 0.1) is 17.0 Å². The Morgan fingerprint density at radius 1 is 1.25 bits per heavy atom. The number of amides is 2. The molecule has 0 atom stereocenters. The predicted molar refractivity (Wildman–Crippen MR) is 123 cm³/mol. The van der Waals surface area contributed by atoms with Gasteiger partial charge in [0.1, 0.15) is 10.0 Å². The number of anilines is 1. The van der Waals surface area contributed by atoms with Crippen LogP contribution in [0.1, 0.15) is 63.6 Å². The quantitative estimate of drug-likeness (QED) is 0.325. The number of carbonyl (C=O) groups excluding carboxylic acids is 3. The zero-order chi connectivity index (χ0) is 24.2. The highest BCUT2D eigenvalue weighted by molar-refractivity contribution is 7.18. The molecule has 172 valence electrons. The summed E-state index contributed by atoms with van der Waals surface area (Å²) >= 11 is 6.77. The Labute approximate surface area is 194 Å². The van der Waals surface area contributed by atoms with E-state index in [1.165, 1.54) is 12.1 Å². The van der Waals surface area contributed by atoms with Crippen LogP contribution >= 0.6 is 22.9 Å². The van der Waals surface area contributed by atoms with E-state index in [1.54, 1.807) is 25.7 Å². The van der Waals surface area contributed by atoms with Crippen molar-refractivity contribution in [2.45, 2.75) is 40.7 Å². The van der Waals surface area contributed by atoms with Crippen LogP contribution in [0.3, 0.4) is 0 Å². The minimum Gasteiger partial charge on any atom is -0.459 e. The Morgan fingerprint density at radius 2 is 1.88 bits per heavy atom. The smallest absolute Gasteiger partial charge is 0.341 e. The number of thiophene rings is 1. The maximum absolute atomic E-state index is 12.9. The van der Waals surface area contributed by atoms with E-state index < -0.39 is 28.6 Å². The molecule has 0 bridgehead atoms. The van der Waals surface area contributed by atoms with Gasteiger partial charge < -0.3 is 15.0 Å². The summed E-state index contributed by atoms with van der Waals surface area (Å²) in [5, 5.41) is 13.8. The van der Waals surface area contributed by atoms with Gasteiger partial charge in [-0.2, -0.15) is 0 Å². The normalized spacial score (nSPS) is 10.7. The van der Waals surface area contributed by atoms with Crippen molar-refractivity contribution < 1.29 is 24.0 Å². The summed E-state index contributed by atoms with van der Waals surface area (Å²) in [5.41, 5.74) is 0.0384. The molecule has 32 heavy (non-hydrogen) atoms. The number of nitrogens with one attached hydrogen (secondary N) is 1. The van der Waals surface area contributed by atoms with Crippen molar-refractivity contribution in [1.82, 2.24) is 4.90 Å². The molecule has 11 heteroatoms. The average molecular weight is 482 g/mol. The minimum absolute atomic E-state index is 0.0213. The van der Waals surface area contributed by atoms with Crippen molar-refractivity contribution in [2.75, 3.05) is 18.4 Å². The van der Waals surface area contributed by atoms with Crippen LogP contribution in [0.4, 0.5) is 10.7 Å². The fraction of sp³-hybridized carbons (Fsp3) is 0.381. The van der Waals surface area contributed by atoms with Crippen LogP contribution < -0.4 is 5.32 Å². The second kappa shape index (κ2) is 10.6. The van der Waals surface area contributed by atoms with Crippen molar-refractivity contribution >= 4 is 51.4 Å². The predicted octanol–water partition coefficient (Wildman–Crippen LogP) is 4.92. The number of hydrogen-bond acceptors (Lipinski definition) is 7. The van der Waals surface area contributed by atoms with Gasteiger partial charge in [0.05, 0.1) is 21.5 Å². The first kappa shape index (κ1) is 25.3. The van der Waals surface area contributed by atoms with Crippen LogP contribution in [-0.4, -0.2) is 46.8 Å². The molecule has 2 rings (SSSR count). The van der Waals surface area contributed by atoms with Crippen molar-refractivity contribution in [1.29, 1.82) is 0 Å². The Morgan fingerprint density at radius 3 is 2.41 bits per heavy atom. The monoisotopic (exact) mass is 481 g/mol. The van der Waals surface area contributed by atoms with Gasteiger partial charge in [-0.3, -0.25) is 19.7 Å². The lowest BCUT2D eigenvalue weighted by Crippen LogP contribution is -2.30. The second-order valence-corrected chi connectivity index (χ2v) is 8.50. The van der Waals surface area contributed by atoms with Crippen LogP contribution in [0.5, 0.6) is 0 Å². The summed E-state index contributed by atoms with van der Waals surface area (Å²) < 4.78 is 5.30.